The van der Waals surface area contributed by atoms with Crippen molar-refractivity contribution in [1.82, 2.24) is 4.31 Å². The molecule has 1 aromatic carbocycles. The summed E-state index contributed by atoms with van der Waals surface area (Å²) in [6.07, 6.45) is 0. The van der Waals surface area contributed by atoms with E-state index in [-0.39, 0.29) is 10.9 Å². The van der Waals surface area contributed by atoms with Crippen molar-refractivity contribution in [2.75, 3.05) is 25.5 Å². The third-order valence-corrected chi connectivity index (χ3v) is 4.82. The molecule has 0 saturated carbocycles. The number of sulfonamides is 1. The first-order chi connectivity index (χ1) is 8.01. The molecule has 1 aromatic rings. The molecule has 5 nitrogen and oxygen atoms in total. The number of morpholine rings is 1. The number of rotatable bonds is 2. The molecule has 0 spiro atoms. The number of benzene rings is 1. The van der Waals surface area contributed by atoms with Gasteiger partial charge in [-0.3, -0.25) is 0 Å². The molecule has 0 aromatic heterocycles. The van der Waals surface area contributed by atoms with Crippen LogP contribution in [0.1, 0.15) is 6.92 Å². The summed E-state index contributed by atoms with van der Waals surface area (Å²) in [5, 5.41) is 0. The maximum absolute atomic E-state index is 12.3. The predicted octanol–water partition coefficient (Wildman–Crippen LogP) is 0.678. The molecule has 17 heavy (non-hydrogen) atoms. The summed E-state index contributed by atoms with van der Waals surface area (Å²) in [6.45, 7) is 3.12. The number of ether oxygens (including phenoxy) is 1. The van der Waals surface area contributed by atoms with Gasteiger partial charge in [0.2, 0.25) is 10.0 Å². The molecule has 1 aliphatic heterocycles. The number of nitrogens with two attached hydrogens (primary N) is 1. The molecule has 2 rings (SSSR count). The summed E-state index contributed by atoms with van der Waals surface area (Å²) >= 11 is 0. The van der Waals surface area contributed by atoms with Crippen LogP contribution in [0.3, 0.4) is 0 Å². The van der Waals surface area contributed by atoms with Gasteiger partial charge in [-0.25, -0.2) is 8.42 Å². The fourth-order valence-electron chi connectivity index (χ4n) is 1.84. The van der Waals surface area contributed by atoms with Crippen LogP contribution in [0.5, 0.6) is 0 Å². The average molecular weight is 256 g/mol. The third kappa shape index (κ3) is 2.43. The van der Waals surface area contributed by atoms with Crippen molar-refractivity contribution >= 4 is 15.7 Å². The van der Waals surface area contributed by atoms with E-state index < -0.39 is 10.0 Å². The van der Waals surface area contributed by atoms with Crippen molar-refractivity contribution in [1.29, 1.82) is 0 Å². The van der Waals surface area contributed by atoms with E-state index in [2.05, 4.69) is 0 Å². The van der Waals surface area contributed by atoms with Crippen molar-refractivity contribution in [2.45, 2.75) is 17.9 Å². The van der Waals surface area contributed by atoms with Crippen LogP contribution >= 0.6 is 0 Å². The molecular formula is C11H16N2O3S. The maximum Gasteiger partial charge on any atom is 0.243 e. The van der Waals surface area contributed by atoms with Gasteiger partial charge in [-0.1, -0.05) is 0 Å². The van der Waals surface area contributed by atoms with Crippen LogP contribution in [0.25, 0.3) is 0 Å². The molecule has 2 N–H and O–H groups in total. The Hall–Kier alpha value is -1.11. The lowest BCUT2D eigenvalue weighted by atomic mass is 10.3. The quantitative estimate of drug-likeness (QED) is 0.790. The highest BCUT2D eigenvalue weighted by atomic mass is 32.2. The molecule has 0 amide bonds. The van der Waals surface area contributed by atoms with Crippen LogP contribution in [0, 0.1) is 0 Å². The van der Waals surface area contributed by atoms with E-state index in [0.29, 0.717) is 25.4 Å². The van der Waals surface area contributed by atoms with Gasteiger partial charge in [0, 0.05) is 18.3 Å². The second-order valence-electron chi connectivity index (χ2n) is 4.11. The highest BCUT2D eigenvalue weighted by molar-refractivity contribution is 7.89. The normalized spacial score (nSPS) is 22.5. The summed E-state index contributed by atoms with van der Waals surface area (Å²) in [5.41, 5.74) is 6.10. The minimum absolute atomic E-state index is 0.133. The van der Waals surface area contributed by atoms with Gasteiger partial charge < -0.3 is 10.5 Å². The summed E-state index contributed by atoms with van der Waals surface area (Å²) in [7, 11) is -3.43. The van der Waals surface area contributed by atoms with Crippen LogP contribution in [0.2, 0.25) is 0 Å². The second kappa shape index (κ2) is 4.64. The summed E-state index contributed by atoms with van der Waals surface area (Å²) in [6, 6.07) is 6.13. The highest BCUT2D eigenvalue weighted by Crippen LogP contribution is 2.21. The SMILES string of the molecule is CC1COCCN1S(=O)(=O)c1ccc(N)cc1. The Morgan fingerprint density at radius 2 is 2.00 bits per heavy atom. The third-order valence-electron chi connectivity index (χ3n) is 2.79. The topological polar surface area (TPSA) is 72.6 Å². The van der Waals surface area contributed by atoms with Crippen LogP contribution < -0.4 is 5.73 Å². The van der Waals surface area contributed by atoms with Crippen molar-refractivity contribution in [3.63, 3.8) is 0 Å². The van der Waals surface area contributed by atoms with Gasteiger partial charge in [0.05, 0.1) is 18.1 Å². The summed E-state index contributed by atoms with van der Waals surface area (Å²) < 4.78 is 31.4. The molecule has 1 unspecified atom stereocenters. The molecular weight excluding hydrogens is 240 g/mol. The molecule has 0 radical (unpaired) electrons. The Kier molecular flexibility index (Phi) is 3.37. The lowest BCUT2D eigenvalue weighted by Crippen LogP contribution is -2.46. The van der Waals surface area contributed by atoms with Gasteiger partial charge in [0.25, 0.3) is 0 Å². The zero-order valence-electron chi connectivity index (χ0n) is 9.67. The molecule has 1 atom stereocenters. The van der Waals surface area contributed by atoms with Gasteiger partial charge in [-0.15, -0.1) is 0 Å². The van der Waals surface area contributed by atoms with Gasteiger partial charge >= 0.3 is 0 Å². The van der Waals surface area contributed by atoms with E-state index in [1.54, 1.807) is 12.1 Å². The number of anilines is 1. The minimum Gasteiger partial charge on any atom is -0.399 e. The van der Waals surface area contributed by atoms with Crippen LogP contribution in [0.15, 0.2) is 29.2 Å². The largest absolute Gasteiger partial charge is 0.399 e. The Morgan fingerprint density at radius 3 is 2.59 bits per heavy atom. The Labute approximate surface area is 101 Å². The van der Waals surface area contributed by atoms with Gasteiger partial charge in [0.1, 0.15) is 0 Å². The fourth-order valence-corrected chi connectivity index (χ4v) is 3.44. The Balaban J connectivity index is 2.32. The summed E-state index contributed by atoms with van der Waals surface area (Å²) in [4.78, 5) is 0.278. The predicted molar refractivity (Wildman–Crippen MR) is 65.0 cm³/mol. The maximum atomic E-state index is 12.3. The van der Waals surface area contributed by atoms with E-state index in [1.807, 2.05) is 6.92 Å². The van der Waals surface area contributed by atoms with Crippen molar-refractivity contribution < 1.29 is 13.2 Å². The lowest BCUT2D eigenvalue weighted by molar-refractivity contribution is 0.0393. The van der Waals surface area contributed by atoms with E-state index in [1.165, 1.54) is 16.4 Å². The van der Waals surface area contributed by atoms with Gasteiger partial charge in [-0.05, 0) is 31.2 Å². The van der Waals surface area contributed by atoms with E-state index in [0.717, 1.165) is 0 Å². The first-order valence-corrected chi connectivity index (χ1v) is 6.91. The molecule has 1 saturated heterocycles. The van der Waals surface area contributed by atoms with E-state index in [9.17, 15) is 8.42 Å². The van der Waals surface area contributed by atoms with E-state index >= 15 is 0 Å². The van der Waals surface area contributed by atoms with Crippen LogP contribution in [-0.4, -0.2) is 38.5 Å². The number of hydrogen-bond acceptors (Lipinski definition) is 4. The van der Waals surface area contributed by atoms with Crippen LogP contribution in [-0.2, 0) is 14.8 Å². The number of nitrogens with zero attached hydrogens (tertiary/aromatic N) is 1. The molecule has 1 aliphatic rings. The molecule has 1 fully saturated rings. The zero-order valence-corrected chi connectivity index (χ0v) is 10.5. The number of hydrogen-bond donors (Lipinski definition) is 1. The Morgan fingerprint density at radius 1 is 1.35 bits per heavy atom. The van der Waals surface area contributed by atoms with Crippen LogP contribution in [0.4, 0.5) is 5.69 Å². The minimum atomic E-state index is -3.43. The molecule has 94 valence electrons. The Bertz CT molecular complexity index is 484. The first kappa shape index (κ1) is 12.3. The zero-order chi connectivity index (χ0) is 12.5. The fraction of sp³-hybridized carbons (Fsp3) is 0.455. The average Bonchev–Trinajstić information content (AvgIpc) is 2.30. The molecule has 1 heterocycles. The molecule has 6 heteroatoms. The monoisotopic (exact) mass is 256 g/mol. The van der Waals surface area contributed by atoms with E-state index in [4.69, 9.17) is 10.5 Å². The highest BCUT2D eigenvalue weighted by Gasteiger charge is 2.31. The van der Waals surface area contributed by atoms with Crippen molar-refractivity contribution in [3.05, 3.63) is 24.3 Å². The molecule has 0 bridgehead atoms. The van der Waals surface area contributed by atoms with Gasteiger partial charge in [-0.2, -0.15) is 4.31 Å². The smallest absolute Gasteiger partial charge is 0.243 e. The van der Waals surface area contributed by atoms with Gasteiger partial charge in [0.15, 0.2) is 0 Å². The second-order valence-corrected chi connectivity index (χ2v) is 6.00. The number of nitrogen functional groups attached to an aromatic ring is 1. The van der Waals surface area contributed by atoms with Crippen molar-refractivity contribution in [2.24, 2.45) is 0 Å². The standard InChI is InChI=1S/C11H16N2O3S/c1-9-8-16-7-6-13(9)17(14,15)11-4-2-10(12)3-5-11/h2-5,9H,6-8,12H2,1H3. The summed E-state index contributed by atoms with van der Waals surface area (Å²) in [5.74, 6) is 0. The molecule has 0 aliphatic carbocycles. The van der Waals surface area contributed by atoms with Crippen molar-refractivity contribution in [3.8, 4) is 0 Å². The first-order valence-electron chi connectivity index (χ1n) is 5.47. The lowest BCUT2D eigenvalue weighted by Gasteiger charge is -2.32.